The van der Waals surface area contributed by atoms with Crippen LogP contribution in [0.3, 0.4) is 0 Å². The maximum atomic E-state index is 13.0. The number of hydrogen-bond acceptors (Lipinski definition) is 5. The average Bonchev–Trinajstić information content (AvgIpc) is 3.20. The second kappa shape index (κ2) is 8.43. The molecule has 4 rings (SSSR count). The fourth-order valence-electron chi connectivity index (χ4n) is 2.89. The molecule has 1 amide bonds. The van der Waals surface area contributed by atoms with Gasteiger partial charge in [0.05, 0.1) is 12.8 Å². The number of pyridine rings is 1. The molecule has 4 aromatic rings. The molecule has 144 valence electrons. The quantitative estimate of drug-likeness (QED) is 0.539. The Labute approximate surface area is 166 Å². The Hall–Kier alpha value is -3.87. The zero-order chi connectivity index (χ0) is 20.1. The van der Waals surface area contributed by atoms with Gasteiger partial charge in [-0.3, -0.25) is 9.78 Å². The van der Waals surface area contributed by atoms with Crippen LogP contribution >= 0.6 is 0 Å². The number of nitrogens with zero attached hydrogens (tertiary/aromatic N) is 3. The number of carbonyl (C=O) groups is 1. The van der Waals surface area contributed by atoms with Crippen molar-refractivity contribution >= 4 is 11.6 Å². The van der Waals surface area contributed by atoms with Crippen molar-refractivity contribution in [1.82, 2.24) is 15.1 Å². The fourth-order valence-corrected chi connectivity index (χ4v) is 2.89. The van der Waals surface area contributed by atoms with Crippen LogP contribution in [0.15, 0.2) is 77.6 Å². The Kier molecular flexibility index (Phi) is 5.38. The van der Waals surface area contributed by atoms with E-state index in [1.165, 1.54) is 12.1 Å². The van der Waals surface area contributed by atoms with E-state index in [0.29, 0.717) is 23.8 Å². The van der Waals surface area contributed by atoms with Crippen LogP contribution < -0.4 is 5.32 Å². The highest BCUT2D eigenvalue weighted by atomic mass is 19.1. The van der Waals surface area contributed by atoms with Gasteiger partial charge in [0.2, 0.25) is 17.6 Å². The molecule has 1 N–H and O–H groups in total. The van der Waals surface area contributed by atoms with E-state index in [1.807, 2.05) is 24.3 Å². The standard InChI is InChI=1S/C22H17FN4O2/c23-18-7-5-15(6-8-18)13-20(28)25-19-4-2-1-3-17(19)14-21-26-22(27-29-21)16-9-11-24-12-10-16/h1-12H,13-14H2,(H,25,28). The SMILES string of the molecule is O=C(Cc1ccc(F)cc1)Nc1ccccc1Cc1nc(-c2ccncc2)no1. The van der Waals surface area contributed by atoms with E-state index in [4.69, 9.17) is 4.52 Å². The van der Waals surface area contributed by atoms with Gasteiger partial charge in [-0.1, -0.05) is 35.5 Å². The number of anilines is 1. The first-order valence-corrected chi connectivity index (χ1v) is 9.02. The number of nitrogens with one attached hydrogen (secondary N) is 1. The minimum atomic E-state index is -0.329. The van der Waals surface area contributed by atoms with Crippen LogP contribution in [0.25, 0.3) is 11.4 Å². The summed E-state index contributed by atoms with van der Waals surface area (Å²) >= 11 is 0. The Bertz CT molecular complexity index is 1110. The molecule has 29 heavy (non-hydrogen) atoms. The zero-order valence-corrected chi connectivity index (χ0v) is 15.4. The number of amides is 1. The number of benzene rings is 2. The fraction of sp³-hybridized carbons (Fsp3) is 0.0909. The van der Waals surface area contributed by atoms with E-state index >= 15 is 0 Å². The molecule has 7 heteroatoms. The minimum absolute atomic E-state index is 0.154. The van der Waals surface area contributed by atoms with Gasteiger partial charge in [0.15, 0.2) is 0 Å². The second-order valence-corrected chi connectivity index (χ2v) is 6.43. The van der Waals surface area contributed by atoms with Gasteiger partial charge in [-0.2, -0.15) is 4.98 Å². The Morgan fingerprint density at radius 2 is 1.76 bits per heavy atom. The minimum Gasteiger partial charge on any atom is -0.339 e. The summed E-state index contributed by atoms with van der Waals surface area (Å²) < 4.78 is 18.4. The molecular formula is C22H17FN4O2. The lowest BCUT2D eigenvalue weighted by Crippen LogP contribution is -2.15. The van der Waals surface area contributed by atoms with Crippen LogP contribution in [0.1, 0.15) is 17.0 Å². The van der Waals surface area contributed by atoms with E-state index in [-0.39, 0.29) is 18.1 Å². The lowest BCUT2D eigenvalue weighted by Gasteiger charge is -2.10. The lowest BCUT2D eigenvalue weighted by molar-refractivity contribution is -0.115. The molecule has 0 fully saturated rings. The predicted octanol–water partition coefficient (Wildman–Crippen LogP) is 4.04. The largest absolute Gasteiger partial charge is 0.339 e. The lowest BCUT2D eigenvalue weighted by atomic mass is 10.1. The number of halogens is 1. The summed E-state index contributed by atoms with van der Waals surface area (Å²) in [5, 5.41) is 6.91. The van der Waals surface area contributed by atoms with Crippen molar-refractivity contribution in [1.29, 1.82) is 0 Å². The molecule has 6 nitrogen and oxygen atoms in total. The van der Waals surface area contributed by atoms with Crippen LogP contribution in [0.4, 0.5) is 10.1 Å². The highest BCUT2D eigenvalue weighted by Gasteiger charge is 2.13. The molecule has 0 aliphatic carbocycles. The van der Waals surface area contributed by atoms with Crippen molar-refractivity contribution in [3.8, 4) is 11.4 Å². The van der Waals surface area contributed by atoms with Gasteiger partial charge in [0.1, 0.15) is 5.82 Å². The molecule has 0 spiro atoms. The third-order valence-corrected chi connectivity index (χ3v) is 4.32. The molecule has 0 radical (unpaired) electrons. The van der Waals surface area contributed by atoms with E-state index < -0.39 is 0 Å². The molecule has 0 atom stereocenters. The summed E-state index contributed by atoms with van der Waals surface area (Å²) in [6, 6.07) is 16.9. The smallest absolute Gasteiger partial charge is 0.231 e. The van der Waals surface area contributed by atoms with Gasteiger partial charge in [-0.25, -0.2) is 4.39 Å². The third kappa shape index (κ3) is 4.70. The summed E-state index contributed by atoms with van der Waals surface area (Å²) in [5.41, 5.74) is 3.07. The number of rotatable bonds is 6. The first kappa shape index (κ1) is 18.5. The van der Waals surface area contributed by atoms with Gasteiger partial charge >= 0.3 is 0 Å². The van der Waals surface area contributed by atoms with E-state index in [9.17, 15) is 9.18 Å². The second-order valence-electron chi connectivity index (χ2n) is 6.43. The summed E-state index contributed by atoms with van der Waals surface area (Å²) in [6.45, 7) is 0. The Morgan fingerprint density at radius 3 is 2.55 bits per heavy atom. The van der Waals surface area contributed by atoms with Crippen molar-refractivity contribution in [2.45, 2.75) is 12.8 Å². The molecular weight excluding hydrogens is 371 g/mol. The molecule has 0 aliphatic heterocycles. The number of carbonyl (C=O) groups excluding carboxylic acids is 1. The number of hydrogen-bond donors (Lipinski definition) is 1. The number of para-hydroxylation sites is 1. The normalized spacial score (nSPS) is 10.7. The average molecular weight is 388 g/mol. The van der Waals surface area contributed by atoms with Crippen molar-refractivity contribution in [2.75, 3.05) is 5.32 Å². The van der Waals surface area contributed by atoms with E-state index in [2.05, 4.69) is 20.4 Å². The van der Waals surface area contributed by atoms with Crippen molar-refractivity contribution < 1.29 is 13.7 Å². The maximum absolute atomic E-state index is 13.0. The van der Waals surface area contributed by atoms with E-state index in [1.54, 1.807) is 36.7 Å². The predicted molar refractivity (Wildman–Crippen MR) is 106 cm³/mol. The maximum Gasteiger partial charge on any atom is 0.231 e. The molecule has 2 aromatic heterocycles. The van der Waals surface area contributed by atoms with Gasteiger partial charge in [0, 0.05) is 23.6 Å². The molecule has 0 bridgehead atoms. The van der Waals surface area contributed by atoms with Crippen LogP contribution in [-0.2, 0) is 17.6 Å². The Balaban J connectivity index is 1.46. The summed E-state index contributed by atoms with van der Waals surface area (Å²) in [5.74, 6) is 0.412. The van der Waals surface area contributed by atoms with Crippen molar-refractivity contribution in [3.63, 3.8) is 0 Å². The van der Waals surface area contributed by atoms with Gasteiger partial charge in [-0.05, 0) is 41.5 Å². The van der Waals surface area contributed by atoms with Crippen LogP contribution in [0.5, 0.6) is 0 Å². The first-order chi connectivity index (χ1) is 14.2. The molecule has 0 aliphatic rings. The van der Waals surface area contributed by atoms with Crippen molar-refractivity contribution in [3.05, 3.63) is 95.9 Å². The summed E-state index contributed by atoms with van der Waals surface area (Å²) in [6.07, 6.45) is 3.86. The van der Waals surface area contributed by atoms with Crippen LogP contribution in [0.2, 0.25) is 0 Å². The van der Waals surface area contributed by atoms with E-state index in [0.717, 1.165) is 16.7 Å². The third-order valence-electron chi connectivity index (χ3n) is 4.32. The van der Waals surface area contributed by atoms with Gasteiger partial charge < -0.3 is 9.84 Å². The highest BCUT2D eigenvalue weighted by molar-refractivity contribution is 5.93. The molecule has 2 aromatic carbocycles. The highest BCUT2D eigenvalue weighted by Crippen LogP contribution is 2.21. The van der Waals surface area contributed by atoms with Crippen LogP contribution in [-0.4, -0.2) is 21.0 Å². The zero-order valence-electron chi connectivity index (χ0n) is 15.4. The summed E-state index contributed by atoms with van der Waals surface area (Å²) in [7, 11) is 0. The Morgan fingerprint density at radius 1 is 1.00 bits per heavy atom. The summed E-state index contributed by atoms with van der Waals surface area (Å²) in [4.78, 5) is 20.8. The molecule has 0 unspecified atom stereocenters. The molecule has 2 heterocycles. The monoisotopic (exact) mass is 388 g/mol. The molecule has 0 saturated carbocycles. The number of aromatic nitrogens is 3. The topological polar surface area (TPSA) is 80.9 Å². The molecule has 0 saturated heterocycles. The van der Waals surface area contributed by atoms with Crippen molar-refractivity contribution in [2.24, 2.45) is 0 Å². The van der Waals surface area contributed by atoms with Crippen LogP contribution in [0, 0.1) is 5.82 Å². The van der Waals surface area contributed by atoms with Gasteiger partial charge in [-0.15, -0.1) is 0 Å². The first-order valence-electron chi connectivity index (χ1n) is 9.02. The van der Waals surface area contributed by atoms with Gasteiger partial charge in [0.25, 0.3) is 0 Å².